The first-order chi connectivity index (χ1) is 10.2. The van der Waals surface area contributed by atoms with Crippen LogP contribution in [-0.2, 0) is 12.8 Å². The Morgan fingerprint density at radius 2 is 1.59 bits per heavy atom. The summed E-state index contributed by atoms with van der Waals surface area (Å²) in [5.74, 6) is 0.500. The summed E-state index contributed by atoms with van der Waals surface area (Å²) in [6.07, 6.45) is 1.80. The van der Waals surface area contributed by atoms with Gasteiger partial charge in [0.25, 0.3) is 0 Å². The summed E-state index contributed by atoms with van der Waals surface area (Å²) in [6, 6.07) is 18.1. The molecule has 0 bridgehead atoms. The molecule has 0 spiro atoms. The Morgan fingerprint density at radius 1 is 0.955 bits per heavy atom. The van der Waals surface area contributed by atoms with E-state index in [1.54, 1.807) is 0 Å². The van der Waals surface area contributed by atoms with Gasteiger partial charge in [0.1, 0.15) is 0 Å². The van der Waals surface area contributed by atoms with Crippen molar-refractivity contribution in [2.24, 2.45) is 10.7 Å². The van der Waals surface area contributed by atoms with E-state index in [2.05, 4.69) is 22.4 Å². The normalized spacial score (nSPS) is 10.9. The highest BCUT2D eigenvalue weighted by Crippen LogP contribution is 2.09. The van der Waals surface area contributed by atoms with Crippen molar-refractivity contribution in [3.05, 3.63) is 70.7 Å². The van der Waals surface area contributed by atoms with E-state index in [0.29, 0.717) is 12.5 Å². The third-order valence-electron chi connectivity index (χ3n) is 3.16. The zero-order valence-electron chi connectivity index (χ0n) is 12.3. The van der Waals surface area contributed by atoms with E-state index in [1.807, 2.05) is 42.5 Å². The molecule has 0 atom stereocenters. The van der Waals surface area contributed by atoms with Gasteiger partial charge in [-0.1, -0.05) is 54.1 Å². The van der Waals surface area contributed by atoms with Crippen molar-refractivity contribution in [1.29, 1.82) is 0 Å². The molecule has 2 aromatic rings. The molecule has 0 saturated carbocycles. The number of nitrogens with one attached hydrogen (secondary N) is 1. The Bertz CT molecular complexity index is 570. The maximum Gasteiger partial charge on any atom is 0.188 e. The molecular formula is C17H21ClIN3. The molecule has 0 radical (unpaired) electrons. The van der Waals surface area contributed by atoms with Gasteiger partial charge in [0.05, 0.1) is 0 Å². The lowest BCUT2D eigenvalue weighted by Gasteiger charge is -2.06. The van der Waals surface area contributed by atoms with E-state index in [0.717, 1.165) is 24.4 Å². The first kappa shape index (κ1) is 18.8. The Balaban J connectivity index is 0.00000242. The fourth-order valence-corrected chi connectivity index (χ4v) is 2.12. The van der Waals surface area contributed by atoms with Crippen LogP contribution in [0.5, 0.6) is 0 Å². The maximum atomic E-state index is 5.85. The van der Waals surface area contributed by atoms with Gasteiger partial charge in [-0.05, 0) is 36.1 Å². The van der Waals surface area contributed by atoms with Gasteiger partial charge < -0.3 is 11.1 Å². The molecular weight excluding hydrogens is 409 g/mol. The van der Waals surface area contributed by atoms with E-state index >= 15 is 0 Å². The summed E-state index contributed by atoms with van der Waals surface area (Å²) in [5.41, 5.74) is 8.34. The van der Waals surface area contributed by atoms with Crippen LogP contribution in [0.2, 0.25) is 5.02 Å². The van der Waals surface area contributed by atoms with Gasteiger partial charge in [0.2, 0.25) is 0 Å². The van der Waals surface area contributed by atoms with Gasteiger partial charge in [-0.25, -0.2) is 0 Å². The molecule has 3 nitrogen and oxygen atoms in total. The van der Waals surface area contributed by atoms with Gasteiger partial charge in [0.15, 0.2) is 5.96 Å². The lowest BCUT2D eigenvalue weighted by atomic mass is 10.1. The Labute approximate surface area is 154 Å². The number of rotatable bonds is 6. The molecule has 0 aliphatic heterocycles. The zero-order chi connectivity index (χ0) is 14.9. The van der Waals surface area contributed by atoms with Crippen molar-refractivity contribution in [3.8, 4) is 0 Å². The van der Waals surface area contributed by atoms with Gasteiger partial charge in [-0.3, -0.25) is 4.99 Å². The average molecular weight is 430 g/mol. The number of hydrogen-bond donors (Lipinski definition) is 2. The van der Waals surface area contributed by atoms with E-state index in [1.165, 1.54) is 11.1 Å². The molecule has 22 heavy (non-hydrogen) atoms. The monoisotopic (exact) mass is 429 g/mol. The van der Waals surface area contributed by atoms with E-state index in [-0.39, 0.29) is 24.0 Å². The van der Waals surface area contributed by atoms with Gasteiger partial charge in [-0.2, -0.15) is 0 Å². The van der Waals surface area contributed by atoms with Crippen molar-refractivity contribution in [2.45, 2.75) is 12.8 Å². The highest BCUT2D eigenvalue weighted by atomic mass is 127. The summed E-state index contributed by atoms with van der Waals surface area (Å²) in [6.45, 7) is 1.46. The number of benzene rings is 2. The largest absolute Gasteiger partial charge is 0.370 e. The van der Waals surface area contributed by atoms with Crippen molar-refractivity contribution in [1.82, 2.24) is 5.32 Å². The van der Waals surface area contributed by atoms with Crippen LogP contribution in [0.15, 0.2) is 59.6 Å². The maximum absolute atomic E-state index is 5.85. The minimum Gasteiger partial charge on any atom is -0.370 e. The number of aliphatic imine (C=N–C) groups is 1. The molecule has 0 fully saturated rings. The zero-order valence-corrected chi connectivity index (χ0v) is 15.4. The number of nitrogens with two attached hydrogens (primary N) is 1. The van der Waals surface area contributed by atoms with Crippen molar-refractivity contribution < 1.29 is 0 Å². The van der Waals surface area contributed by atoms with Crippen molar-refractivity contribution in [2.75, 3.05) is 13.1 Å². The number of nitrogens with zero attached hydrogens (tertiary/aromatic N) is 1. The fourth-order valence-electron chi connectivity index (χ4n) is 1.99. The van der Waals surface area contributed by atoms with Crippen molar-refractivity contribution in [3.63, 3.8) is 0 Å². The quantitative estimate of drug-likeness (QED) is 0.418. The number of halogens is 2. The van der Waals surface area contributed by atoms with E-state index in [9.17, 15) is 0 Å². The van der Waals surface area contributed by atoms with Crippen LogP contribution in [-0.4, -0.2) is 19.0 Å². The smallest absolute Gasteiger partial charge is 0.188 e. The molecule has 5 heteroatoms. The highest BCUT2D eigenvalue weighted by Gasteiger charge is 1.95. The van der Waals surface area contributed by atoms with Crippen LogP contribution in [0, 0.1) is 0 Å². The Hall–Kier alpha value is -1.27. The predicted octanol–water partition coefficient (Wildman–Crippen LogP) is 3.65. The Kier molecular flexibility index (Phi) is 8.92. The summed E-state index contributed by atoms with van der Waals surface area (Å²) >= 11 is 5.85. The highest BCUT2D eigenvalue weighted by molar-refractivity contribution is 14.0. The minimum absolute atomic E-state index is 0. The topological polar surface area (TPSA) is 50.4 Å². The average Bonchev–Trinajstić information content (AvgIpc) is 2.50. The second-order valence-electron chi connectivity index (χ2n) is 4.81. The second kappa shape index (κ2) is 10.5. The van der Waals surface area contributed by atoms with Crippen LogP contribution in [0.4, 0.5) is 0 Å². The minimum atomic E-state index is 0. The third kappa shape index (κ3) is 7.13. The molecule has 3 N–H and O–H groups in total. The van der Waals surface area contributed by atoms with Crippen LogP contribution in [0.25, 0.3) is 0 Å². The van der Waals surface area contributed by atoms with Crippen molar-refractivity contribution >= 4 is 41.5 Å². The van der Waals surface area contributed by atoms with E-state index < -0.39 is 0 Å². The fraction of sp³-hybridized carbons (Fsp3) is 0.235. The lowest BCUT2D eigenvalue weighted by Crippen LogP contribution is -2.33. The SMILES string of the molecule is I.NC(=NCCc1ccc(Cl)cc1)NCCc1ccccc1. The molecule has 0 aromatic heterocycles. The van der Waals surface area contributed by atoms with Gasteiger partial charge in [0, 0.05) is 18.1 Å². The molecule has 0 aliphatic carbocycles. The summed E-state index contributed by atoms with van der Waals surface area (Å²) < 4.78 is 0. The molecule has 0 aliphatic rings. The first-order valence-corrected chi connectivity index (χ1v) is 7.44. The predicted molar refractivity (Wildman–Crippen MR) is 105 cm³/mol. The molecule has 0 heterocycles. The van der Waals surface area contributed by atoms with Crippen LogP contribution >= 0.6 is 35.6 Å². The van der Waals surface area contributed by atoms with Crippen LogP contribution < -0.4 is 11.1 Å². The number of hydrogen-bond acceptors (Lipinski definition) is 1. The standard InChI is InChI=1S/C17H20ClN3.HI/c18-16-8-6-15(7-9-16)11-13-21-17(19)20-12-10-14-4-2-1-3-5-14;/h1-9H,10-13H2,(H3,19,20,21);1H. The molecule has 2 aromatic carbocycles. The van der Waals surface area contributed by atoms with E-state index in [4.69, 9.17) is 17.3 Å². The molecule has 118 valence electrons. The Morgan fingerprint density at radius 3 is 2.27 bits per heavy atom. The first-order valence-electron chi connectivity index (χ1n) is 7.06. The summed E-state index contributed by atoms with van der Waals surface area (Å²) in [7, 11) is 0. The molecule has 0 unspecified atom stereocenters. The molecule has 0 saturated heterocycles. The third-order valence-corrected chi connectivity index (χ3v) is 3.41. The summed E-state index contributed by atoms with van der Waals surface area (Å²) in [4.78, 5) is 4.32. The molecule has 0 amide bonds. The van der Waals surface area contributed by atoms with Crippen LogP contribution in [0.3, 0.4) is 0 Å². The number of guanidine groups is 1. The second-order valence-corrected chi connectivity index (χ2v) is 5.24. The van der Waals surface area contributed by atoms with Crippen LogP contribution in [0.1, 0.15) is 11.1 Å². The van der Waals surface area contributed by atoms with Gasteiger partial charge >= 0.3 is 0 Å². The lowest BCUT2D eigenvalue weighted by molar-refractivity contribution is 0.844. The van der Waals surface area contributed by atoms with Gasteiger partial charge in [-0.15, -0.1) is 24.0 Å². The molecule has 2 rings (SSSR count). The summed E-state index contributed by atoms with van der Waals surface area (Å²) in [5, 5.41) is 3.89.